The second-order valence-corrected chi connectivity index (χ2v) is 6.53. The number of rotatable bonds is 14. The van der Waals surface area contributed by atoms with Gasteiger partial charge in [0, 0.05) is 6.04 Å². The van der Waals surface area contributed by atoms with Crippen molar-refractivity contribution in [2.45, 2.75) is 77.2 Å². The summed E-state index contributed by atoms with van der Waals surface area (Å²) in [5.41, 5.74) is 7.12. The molecule has 1 rings (SSSR count). The fraction of sp³-hybridized carbons (Fsp3) is 0.700. The number of nitrogens with one attached hydrogen (secondary N) is 1. The molecule has 2 nitrogen and oxygen atoms in total. The highest BCUT2D eigenvalue weighted by Crippen LogP contribution is 2.14. The molecule has 1 atom stereocenters. The van der Waals surface area contributed by atoms with E-state index in [1.165, 1.54) is 69.9 Å². The van der Waals surface area contributed by atoms with Crippen LogP contribution >= 0.6 is 0 Å². The van der Waals surface area contributed by atoms with Crippen LogP contribution in [0.1, 0.15) is 82.7 Å². The van der Waals surface area contributed by atoms with Crippen LogP contribution in [-0.2, 0) is 0 Å². The van der Waals surface area contributed by atoms with Crippen molar-refractivity contribution >= 4 is 0 Å². The third-order valence-electron chi connectivity index (χ3n) is 4.39. The van der Waals surface area contributed by atoms with Crippen molar-refractivity contribution in [1.29, 1.82) is 0 Å². The minimum Gasteiger partial charge on any atom is -0.324 e. The van der Waals surface area contributed by atoms with Crippen molar-refractivity contribution in [3.8, 4) is 0 Å². The lowest BCUT2D eigenvalue weighted by molar-refractivity contribution is 0.532. The van der Waals surface area contributed by atoms with E-state index in [1.807, 2.05) is 0 Å². The molecule has 0 saturated carbocycles. The molecular weight excluding hydrogens is 287 g/mol. The topological polar surface area (TPSA) is 38.0 Å². The van der Waals surface area contributed by atoms with Gasteiger partial charge in [-0.25, -0.2) is 4.39 Å². The van der Waals surface area contributed by atoms with Crippen LogP contribution in [0, 0.1) is 5.82 Å². The summed E-state index contributed by atoms with van der Waals surface area (Å²) in [7, 11) is 0. The fourth-order valence-electron chi connectivity index (χ4n) is 2.82. The molecule has 0 aliphatic heterocycles. The van der Waals surface area contributed by atoms with Crippen molar-refractivity contribution < 1.29 is 4.39 Å². The molecule has 1 aromatic rings. The van der Waals surface area contributed by atoms with E-state index in [0.717, 1.165) is 25.1 Å². The van der Waals surface area contributed by atoms with Crippen molar-refractivity contribution in [1.82, 2.24) is 5.32 Å². The van der Waals surface area contributed by atoms with Gasteiger partial charge in [-0.2, -0.15) is 0 Å². The Morgan fingerprint density at radius 2 is 1.43 bits per heavy atom. The second-order valence-electron chi connectivity index (χ2n) is 6.53. The van der Waals surface area contributed by atoms with Gasteiger partial charge in [-0.05, 0) is 43.6 Å². The van der Waals surface area contributed by atoms with E-state index >= 15 is 0 Å². The van der Waals surface area contributed by atoms with Crippen molar-refractivity contribution in [3.05, 3.63) is 35.6 Å². The summed E-state index contributed by atoms with van der Waals surface area (Å²) >= 11 is 0. The van der Waals surface area contributed by atoms with Gasteiger partial charge in [0.25, 0.3) is 0 Å². The van der Waals surface area contributed by atoms with Gasteiger partial charge in [-0.1, -0.05) is 70.4 Å². The van der Waals surface area contributed by atoms with Gasteiger partial charge in [-0.15, -0.1) is 0 Å². The Kier molecular flexibility index (Phi) is 11.8. The zero-order valence-corrected chi connectivity index (χ0v) is 14.8. The summed E-state index contributed by atoms with van der Waals surface area (Å²) in [6.07, 6.45) is 13.2. The monoisotopic (exact) mass is 322 g/mol. The van der Waals surface area contributed by atoms with Crippen molar-refractivity contribution in [2.75, 3.05) is 13.1 Å². The first kappa shape index (κ1) is 20.1. The Labute approximate surface area is 142 Å². The van der Waals surface area contributed by atoms with E-state index in [0.29, 0.717) is 0 Å². The molecule has 3 N–H and O–H groups in total. The molecule has 0 spiro atoms. The zero-order valence-electron chi connectivity index (χ0n) is 14.8. The van der Waals surface area contributed by atoms with E-state index in [2.05, 4.69) is 12.2 Å². The fourth-order valence-corrected chi connectivity index (χ4v) is 2.82. The molecule has 0 aliphatic rings. The molecule has 0 radical (unpaired) electrons. The van der Waals surface area contributed by atoms with Crippen LogP contribution < -0.4 is 11.1 Å². The van der Waals surface area contributed by atoms with Crippen molar-refractivity contribution in [2.24, 2.45) is 5.73 Å². The van der Waals surface area contributed by atoms with Gasteiger partial charge in [0.15, 0.2) is 0 Å². The standard InChI is InChI=1S/C20H35FN2/c1-2-3-4-5-6-7-8-9-10-16-23-17-15-20(22)18-11-13-19(21)14-12-18/h11-14,20,23H,2-10,15-17,22H2,1H3. The lowest BCUT2D eigenvalue weighted by Crippen LogP contribution is -2.22. The second kappa shape index (κ2) is 13.5. The molecule has 0 bridgehead atoms. The predicted molar refractivity (Wildman–Crippen MR) is 98.0 cm³/mol. The van der Waals surface area contributed by atoms with E-state index in [4.69, 9.17) is 5.73 Å². The Morgan fingerprint density at radius 3 is 2.04 bits per heavy atom. The van der Waals surface area contributed by atoms with Gasteiger partial charge in [0.1, 0.15) is 5.82 Å². The van der Waals surface area contributed by atoms with Gasteiger partial charge in [0.05, 0.1) is 0 Å². The maximum absolute atomic E-state index is 12.9. The van der Waals surface area contributed by atoms with E-state index in [9.17, 15) is 4.39 Å². The quantitative estimate of drug-likeness (QED) is 0.454. The van der Waals surface area contributed by atoms with Gasteiger partial charge >= 0.3 is 0 Å². The van der Waals surface area contributed by atoms with Gasteiger partial charge in [0.2, 0.25) is 0 Å². The molecule has 0 saturated heterocycles. The van der Waals surface area contributed by atoms with Gasteiger partial charge in [-0.3, -0.25) is 0 Å². The van der Waals surface area contributed by atoms with Crippen LogP contribution in [0.3, 0.4) is 0 Å². The van der Waals surface area contributed by atoms with E-state index in [-0.39, 0.29) is 11.9 Å². The summed E-state index contributed by atoms with van der Waals surface area (Å²) in [4.78, 5) is 0. The molecule has 1 aromatic carbocycles. The molecule has 0 amide bonds. The Morgan fingerprint density at radius 1 is 0.870 bits per heavy atom. The predicted octanol–water partition coefficient (Wildman–Crippen LogP) is 5.34. The molecule has 3 heteroatoms. The molecule has 1 unspecified atom stereocenters. The van der Waals surface area contributed by atoms with Crippen molar-refractivity contribution in [3.63, 3.8) is 0 Å². The molecule has 0 aliphatic carbocycles. The molecule has 132 valence electrons. The smallest absolute Gasteiger partial charge is 0.123 e. The summed E-state index contributed by atoms with van der Waals surface area (Å²) in [6.45, 7) is 4.26. The first-order chi connectivity index (χ1) is 11.2. The van der Waals surface area contributed by atoms with E-state index in [1.54, 1.807) is 12.1 Å². The lowest BCUT2D eigenvalue weighted by atomic mass is 10.0. The van der Waals surface area contributed by atoms with Crippen LogP contribution in [0.5, 0.6) is 0 Å². The number of benzene rings is 1. The molecule has 0 fully saturated rings. The number of unbranched alkanes of at least 4 members (excludes halogenated alkanes) is 8. The van der Waals surface area contributed by atoms with Crippen LogP contribution in [-0.4, -0.2) is 13.1 Å². The van der Waals surface area contributed by atoms with Gasteiger partial charge < -0.3 is 11.1 Å². The zero-order chi connectivity index (χ0) is 16.8. The molecule has 0 aromatic heterocycles. The summed E-state index contributed by atoms with van der Waals surface area (Å²) < 4.78 is 12.9. The summed E-state index contributed by atoms with van der Waals surface area (Å²) in [5.74, 6) is -0.204. The number of hydrogen-bond acceptors (Lipinski definition) is 2. The third kappa shape index (κ3) is 10.5. The Hall–Kier alpha value is -0.930. The molecule has 0 heterocycles. The first-order valence-corrected chi connectivity index (χ1v) is 9.45. The number of nitrogens with two attached hydrogens (primary N) is 1. The van der Waals surface area contributed by atoms with Crippen LogP contribution in [0.15, 0.2) is 24.3 Å². The molecule has 23 heavy (non-hydrogen) atoms. The average Bonchev–Trinajstić information content (AvgIpc) is 2.56. The highest BCUT2D eigenvalue weighted by molar-refractivity contribution is 5.19. The maximum Gasteiger partial charge on any atom is 0.123 e. The lowest BCUT2D eigenvalue weighted by Gasteiger charge is -2.12. The minimum atomic E-state index is -0.204. The Balaban J connectivity index is 1.88. The minimum absolute atomic E-state index is 0.00813. The largest absolute Gasteiger partial charge is 0.324 e. The summed E-state index contributed by atoms with van der Waals surface area (Å²) in [5, 5.41) is 3.46. The van der Waals surface area contributed by atoms with Crippen LogP contribution in [0.25, 0.3) is 0 Å². The van der Waals surface area contributed by atoms with Crippen LogP contribution in [0.2, 0.25) is 0 Å². The SMILES string of the molecule is CCCCCCCCCCCNCCC(N)c1ccc(F)cc1. The van der Waals surface area contributed by atoms with E-state index < -0.39 is 0 Å². The number of halogens is 1. The average molecular weight is 323 g/mol. The first-order valence-electron chi connectivity index (χ1n) is 9.45. The third-order valence-corrected chi connectivity index (χ3v) is 4.39. The number of hydrogen-bond donors (Lipinski definition) is 2. The highest BCUT2D eigenvalue weighted by atomic mass is 19.1. The Bertz CT molecular complexity index is 378. The maximum atomic E-state index is 12.9. The normalized spacial score (nSPS) is 12.5. The van der Waals surface area contributed by atoms with Crippen LogP contribution in [0.4, 0.5) is 4.39 Å². The summed E-state index contributed by atoms with van der Waals surface area (Å²) in [6, 6.07) is 6.50. The molecular formula is C20H35FN2. The highest BCUT2D eigenvalue weighted by Gasteiger charge is 2.05.